The first-order valence-corrected chi connectivity index (χ1v) is 8.38. The van der Waals surface area contributed by atoms with E-state index >= 15 is 0 Å². The third-order valence-corrected chi connectivity index (χ3v) is 4.10. The van der Waals surface area contributed by atoms with Crippen LogP contribution in [0, 0.1) is 0 Å². The average Bonchev–Trinajstić information content (AvgIpc) is 2.54. The molecule has 1 unspecified atom stereocenters. The van der Waals surface area contributed by atoms with E-state index in [2.05, 4.69) is 15.3 Å². The summed E-state index contributed by atoms with van der Waals surface area (Å²) in [5.74, 6) is 1.24. The number of anilines is 1. The van der Waals surface area contributed by atoms with Crippen LogP contribution in [-0.2, 0) is 0 Å². The molecule has 1 fully saturated rings. The van der Waals surface area contributed by atoms with E-state index < -0.39 is 0 Å². The van der Waals surface area contributed by atoms with Crippen LogP contribution in [0.1, 0.15) is 38.3 Å². The Labute approximate surface area is 142 Å². The second kappa shape index (κ2) is 7.05. The minimum absolute atomic E-state index is 0.00764. The van der Waals surface area contributed by atoms with Crippen molar-refractivity contribution >= 4 is 5.95 Å². The number of nitrogens with two attached hydrogens (primary N) is 1. The monoisotopic (exact) mass is 328 g/mol. The molecule has 0 spiro atoms. The number of nitrogen functional groups attached to an aromatic ring is 1. The van der Waals surface area contributed by atoms with Crippen molar-refractivity contribution in [2.75, 3.05) is 18.8 Å². The molecule has 0 amide bonds. The molecular weight excluding hydrogens is 304 g/mol. The molecule has 3 rings (SSSR count). The summed E-state index contributed by atoms with van der Waals surface area (Å²) in [5, 5.41) is 13.7. The van der Waals surface area contributed by atoms with Crippen molar-refractivity contribution in [3.8, 4) is 22.8 Å². The molecule has 4 N–H and O–H groups in total. The van der Waals surface area contributed by atoms with Crippen molar-refractivity contribution in [2.45, 2.75) is 38.7 Å². The van der Waals surface area contributed by atoms with Crippen molar-refractivity contribution in [2.24, 2.45) is 0 Å². The first kappa shape index (κ1) is 16.5. The third-order valence-electron chi connectivity index (χ3n) is 4.10. The van der Waals surface area contributed by atoms with Crippen molar-refractivity contribution in [3.63, 3.8) is 0 Å². The van der Waals surface area contributed by atoms with Gasteiger partial charge in [-0.15, -0.1) is 0 Å². The summed E-state index contributed by atoms with van der Waals surface area (Å²) in [5.41, 5.74) is 8.00. The van der Waals surface area contributed by atoms with Gasteiger partial charge in [-0.3, -0.25) is 0 Å². The normalized spacial score (nSPS) is 17.9. The third kappa shape index (κ3) is 3.59. The van der Waals surface area contributed by atoms with E-state index in [4.69, 9.17) is 10.5 Å². The van der Waals surface area contributed by atoms with Crippen molar-refractivity contribution in [1.29, 1.82) is 0 Å². The Morgan fingerprint density at radius 3 is 2.88 bits per heavy atom. The van der Waals surface area contributed by atoms with Crippen molar-refractivity contribution in [1.82, 2.24) is 15.3 Å². The Hall–Kier alpha value is -2.34. The molecular formula is C18H24N4O2. The summed E-state index contributed by atoms with van der Waals surface area (Å²) in [7, 11) is 0. The van der Waals surface area contributed by atoms with Gasteiger partial charge in [-0.1, -0.05) is 6.07 Å². The van der Waals surface area contributed by atoms with Crippen LogP contribution in [0.15, 0.2) is 24.3 Å². The maximum absolute atomic E-state index is 10.4. The maximum Gasteiger partial charge on any atom is 0.220 e. The van der Waals surface area contributed by atoms with E-state index in [1.54, 1.807) is 12.1 Å². The lowest BCUT2D eigenvalue weighted by Crippen LogP contribution is -2.29. The van der Waals surface area contributed by atoms with E-state index in [1.165, 1.54) is 0 Å². The predicted octanol–water partition coefficient (Wildman–Crippen LogP) is 2.69. The summed E-state index contributed by atoms with van der Waals surface area (Å²) in [4.78, 5) is 8.74. The smallest absolute Gasteiger partial charge is 0.220 e. The van der Waals surface area contributed by atoms with Gasteiger partial charge in [0.1, 0.15) is 11.5 Å². The lowest BCUT2D eigenvalue weighted by Gasteiger charge is -2.23. The van der Waals surface area contributed by atoms with Crippen LogP contribution in [-0.4, -0.2) is 34.3 Å². The van der Waals surface area contributed by atoms with Gasteiger partial charge >= 0.3 is 0 Å². The zero-order chi connectivity index (χ0) is 17.1. The van der Waals surface area contributed by atoms with E-state index in [1.807, 2.05) is 26.0 Å². The zero-order valence-corrected chi connectivity index (χ0v) is 14.1. The van der Waals surface area contributed by atoms with Gasteiger partial charge in [0, 0.05) is 12.5 Å². The zero-order valence-electron chi connectivity index (χ0n) is 14.1. The minimum Gasteiger partial charge on any atom is -0.507 e. The summed E-state index contributed by atoms with van der Waals surface area (Å²) in [6, 6.07) is 7.13. The maximum atomic E-state index is 10.4. The molecule has 1 saturated heterocycles. The number of phenols is 1. The Kier molecular flexibility index (Phi) is 4.85. The average molecular weight is 328 g/mol. The first-order valence-electron chi connectivity index (χ1n) is 8.38. The first-order chi connectivity index (χ1) is 11.5. The Balaban J connectivity index is 2.04. The molecule has 1 aliphatic rings. The quantitative estimate of drug-likeness (QED) is 0.799. The standard InChI is InChI=1S/C18H24N4O2/c1-11(2)24-16-7-3-6-15(23)17(16)14-9-13(21-18(19)22-14)12-5-4-8-20-10-12/h3,6-7,9,11-12,20,23H,4-5,8,10H2,1-2H3,(H2,19,21,22). The highest BCUT2D eigenvalue weighted by atomic mass is 16.5. The van der Waals surface area contributed by atoms with Gasteiger partial charge < -0.3 is 20.9 Å². The molecule has 1 aliphatic heterocycles. The molecule has 1 aromatic carbocycles. The molecule has 2 heterocycles. The van der Waals surface area contributed by atoms with Gasteiger partial charge in [-0.25, -0.2) is 9.97 Å². The SMILES string of the molecule is CC(C)Oc1cccc(O)c1-c1cc(C2CCCNC2)nc(N)n1. The van der Waals surface area contributed by atoms with Crippen LogP contribution in [0.3, 0.4) is 0 Å². The van der Waals surface area contributed by atoms with Crippen LogP contribution in [0.5, 0.6) is 11.5 Å². The Morgan fingerprint density at radius 1 is 1.33 bits per heavy atom. The summed E-state index contributed by atoms with van der Waals surface area (Å²) < 4.78 is 5.83. The predicted molar refractivity (Wildman–Crippen MR) is 94.2 cm³/mol. The number of piperidine rings is 1. The Bertz CT molecular complexity index is 712. The number of nitrogens with zero attached hydrogens (tertiary/aromatic N) is 2. The van der Waals surface area contributed by atoms with Crippen molar-refractivity contribution < 1.29 is 9.84 Å². The highest BCUT2D eigenvalue weighted by molar-refractivity contribution is 5.74. The molecule has 128 valence electrons. The van der Waals surface area contributed by atoms with Gasteiger partial charge in [-0.2, -0.15) is 0 Å². The second-order valence-corrected chi connectivity index (χ2v) is 6.40. The fourth-order valence-electron chi connectivity index (χ4n) is 3.06. The number of nitrogens with one attached hydrogen (secondary N) is 1. The largest absolute Gasteiger partial charge is 0.507 e. The number of hydrogen-bond acceptors (Lipinski definition) is 6. The molecule has 6 nitrogen and oxygen atoms in total. The highest BCUT2D eigenvalue weighted by Gasteiger charge is 2.21. The minimum atomic E-state index is -0.00764. The summed E-state index contributed by atoms with van der Waals surface area (Å²) in [6.45, 7) is 5.81. The van der Waals surface area contributed by atoms with Crippen LogP contribution in [0.2, 0.25) is 0 Å². The molecule has 2 aromatic rings. The Morgan fingerprint density at radius 2 is 2.17 bits per heavy atom. The topological polar surface area (TPSA) is 93.3 Å². The number of benzene rings is 1. The fourth-order valence-corrected chi connectivity index (χ4v) is 3.06. The lowest BCUT2D eigenvalue weighted by atomic mass is 9.94. The summed E-state index contributed by atoms with van der Waals surface area (Å²) in [6.07, 6.45) is 2.17. The lowest BCUT2D eigenvalue weighted by molar-refractivity contribution is 0.242. The van der Waals surface area contributed by atoms with Crippen LogP contribution in [0.4, 0.5) is 5.95 Å². The number of ether oxygens (including phenoxy) is 1. The number of phenolic OH excluding ortho intramolecular Hbond substituents is 1. The van der Waals surface area contributed by atoms with Gasteiger partial charge in [0.2, 0.25) is 5.95 Å². The molecule has 1 atom stereocenters. The van der Waals surface area contributed by atoms with Gasteiger partial charge in [0.15, 0.2) is 0 Å². The highest BCUT2D eigenvalue weighted by Crippen LogP contribution is 2.38. The van der Waals surface area contributed by atoms with E-state index in [0.29, 0.717) is 22.9 Å². The number of aromatic hydroxyl groups is 1. The number of rotatable bonds is 4. The fraction of sp³-hybridized carbons (Fsp3) is 0.444. The van der Waals surface area contributed by atoms with Crippen LogP contribution >= 0.6 is 0 Å². The van der Waals surface area contributed by atoms with Gasteiger partial charge in [0.05, 0.1) is 23.1 Å². The van der Waals surface area contributed by atoms with E-state index in [9.17, 15) is 5.11 Å². The van der Waals surface area contributed by atoms with Gasteiger partial charge in [-0.05, 0) is 51.4 Å². The van der Waals surface area contributed by atoms with Crippen molar-refractivity contribution in [3.05, 3.63) is 30.0 Å². The van der Waals surface area contributed by atoms with Crippen LogP contribution in [0.25, 0.3) is 11.3 Å². The van der Waals surface area contributed by atoms with E-state index in [-0.39, 0.29) is 17.8 Å². The molecule has 0 saturated carbocycles. The molecule has 0 radical (unpaired) electrons. The van der Waals surface area contributed by atoms with Crippen LogP contribution < -0.4 is 15.8 Å². The molecule has 24 heavy (non-hydrogen) atoms. The number of hydrogen-bond donors (Lipinski definition) is 3. The van der Waals surface area contributed by atoms with E-state index in [0.717, 1.165) is 31.6 Å². The molecule has 1 aromatic heterocycles. The number of aromatic nitrogens is 2. The molecule has 6 heteroatoms. The summed E-state index contributed by atoms with van der Waals surface area (Å²) >= 11 is 0. The second-order valence-electron chi connectivity index (χ2n) is 6.40. The molecule has 0 bridgehead atoms. The van der Waals surface area contributed by atoms with Gasteiger partial charge in [0.25, 0.3) is 0 Å². The molecule has 0 aliphatic carbocycles.